The molecule has 0 radical (unpaired) electrons. The monoisotopic (exact) mass is 81.1 g/mol. The van der Waals surface area contributed by atoms with Gasteiger partial charge in [0, 0.05) is 0 Å². The first-order valence-corrected chi connectivity index (χ1v) is 1.72. The molecule has 0 unspecified atom stereocenters. The summed E-state index contributed by atoms with van der Waals surface area (Å²) in [5.74, 6) is 0. The van der Waals surface area contributed by atoms with E-state index in [1.807, 2.05) is 0 Å². The van der Waals surface area contributed by atoms with E-state index < -0.39 is 5.60 Å². The van der Waals surface area contributed by atoms with Crippen LogP contribution in [0, 0.1) is 0 Å². The molecule has 1 nitrogen and oxygen atoms in total. The van der Waals surface area contributed by atoms with E-state index in [-0.39, 0.29) is 18.9 Å². The van der Waals surface area contributed by atoms with Crippen molar-refractivity contribution in [3.8, 4) is 0 Å². The van der Waals surface area contributed by atoms with Crippen LogP contribution >= 0.6 is 0 Å². The maximum atomic E-state index is 8.52. The molecule has 0 fully saturated rings. The summed E-state index contributed by atoms with van der Waals surface area (Å²) in [6.45, 7) is 5.23. The van der Waals surface area contributed by atoms with Gasteiger partial charge in [0.1, 0.15) is 0 Å². The smallest absolute Gasteiger partial charge is 0.391 e. The van der Waals surface area contributed by atoms with E-state index in [4.69, 9.17) is 5.11 Å². The minimum absolute atomic E-state index is 0. The summed E-state index contributed by atoms with van der Waals surface area (Å²) in [6.07, 6.45) is 0. The molecule has 0 bridgehead atoms. The summed E-state index contributed by atoms with van der Waals surface area (Å²) in [7, 11) is 0. The maximum absolute atomic E-state index is 8.52. The summed E-state index contributed by atoms with van der Waals surface area (Å²) in [6, 6.07) is 0. The van der Waals surface area contributed by atoms with Crippen LogP contribution < -0.4 is 18.9 Å². The molecule has 0 aliphatic heterocycles. The van der Waals surface area contributed by atoms with E-state index in [9.17, 15) is 0 Å². The molecule has 0 atom stereocenters. The summed E-state index contributed by atoms with van der Waals surface area (Å²) in [5.41, 5.74) is -0.500. The Morgan fingerprint density at radius 2 is 1.17 bits per heavy atom. The van der Waals surface area contributed by atoms with Crippen LogP contribution in [-0.4, -0.2) is 10.7 Å². The van der Waals surface area contributed by atoms with Gasteiger partial charge in [-0.15, -0.1) is 0 Å². The minimum atomic E-state index is -0.500. The normalized spacial score (nSPS) is 10.0. The van der Waals surface area contributed by atoms with Crippen LogP contribution in [0.2, 0.25) is 0 Å². The Bertz CT molecular complexity index is 23.0. The van der Waals surface area contributed by atoms with Gasteiger partial charge in [-0.05, 0) is 20.8 Å². The number of hydrogen-bond acceptors (Lipinski definition) is 1. The molecular weight excluding hydrogens is 71.0 g/mol. The molecule has 0 saturated heterocycles. The van der Waals surface area contributed by atoms with Gasteiger partial charge in [-0.3, -0.25) is 0 Å². The average molecular weight is 81.1 g/mol. The van der Waals surface area contributed by atoms with Gasteiger partial charge in [-0.25, -0.2) is 0 Å². The molecule has 6 heavy (non-hydrogen) atoms. The Morgan fingerprint density at radius 3 is 1.17 bits per heavy atom. The van der Waals surface area contributed by atoms with E-state index in [0.717, 1.165) is 0 Å². The number of rotatable bonds is 0. The summed E-state index contributed by atoms with van der Waals surface area (Å²) >= 11 is 0. The quantitative estimate of drug-likeness (QED) is 0.327. The zero-order valence-corrected chi connectivity index (χ0v) is 4.95. The number of aliphatic hydroxyl groups is 1. The van der Waals surface area contributed by atoms with Crippen molar-refractivity contribution in [3.05, 3.63) is 0 Å². The molecule has 0 aromatic heterocycles. The van der Waals surface area contributed by atoms with Crippen molar-refractivity contribution in [1.82, 2.24) is 0 Å². The van der Waals surface area contributed by atoms with Crippen LogP contribution in [-0.2, 0) is 0 Å². The van der Waals surface area contributed by atoms with Gasteiger partial charge in [0.05, 0.1) is 5.60 Å². The zero-order chi connectivity index (χ0) is 4.50. The SMILES string of the molecule is CC(C)(C)O.[Li+]. The largest absolute Gasteiger partial charge is 1.00 e. The van der Waals surface area contributed by atoms with E-state index in [2.05, 4.69) is 0 Å². The molecule has 0 spiro atoms. The number of hydrogen-bond donors (Lipinski definition) is 1. The van der Waals surface area contributed by atoms with Gasteiger partial charge in [-0.1, -0.05) is 0 Å². The Balaban J connectivity index is 0. The Labute approximate surface area is 50.9 Å². The molecular formula is C4H10LiO+. The predicted molar refractivity (Wildman–Crippen MR) is 22.0 cm³/mol. The Morgan fingerprint density at radius 1 is 1.17 bits per heavy atom. The molecule has 0 aromatic rings. The van der Waals surface area contributed by atoms with Gasteiger partial charge in [0.2, 0.25) is 0 Å². The first kappa shape index (κ1) is 9.75. The predicted octanol–water partition coefficient (Wildman–Crippen LogP) is -2.22. The van der Waals surface area contributed by atoms with Crippen molar-refractivity contribution >= 4 is 0 Å². The van der Waals surface area contributed by atoms with Crippen LogP contribution in [0.1, 0.15) is 20.8 Å². The fourth-order valence-corrected chi connectivity index (χ4v) is 0. The minimum Gasteiger partial charge on any atom is -0.391 e. The molecule has 0 heterocycles. The van der Waals surface area contributed by atoms with Crippen LogP contribution in [0.15, 0.2) is 0 Å². The van der Waals surface area contributed by atoms with Gasteiger partial charge in [-0.2, -0.15) is 0 Å². The Hall–Kier alpha value is 0.557. The maximum Gasteiger partial charge on any atom is 1.00 e. The van der Waals surface area contributed by atoms with E-state index in [1.165, 1.54) is 0 Å². The van der Waals surface area contributed by atoms with Crippen LogP contribution in [0.3, 0.4) is 0 Å². The van der Waals surface area contributed by atoms with E-state index >= 15 is 0 Å². The standard InChI is InChI=1S/C4H10O.Li/c1-4(2,3)5;/h5H,1-3H3;/q;+1. The third-order valence-electron chi connectivity index (χ3n) is 0. The first-order chi connectivity index (χ1) is 2.00. The fourth-order valence-electron chi connectivity index (χ4n) is 0. The van der Waals surface area contributed by atoms with Crippen molar-refractivity contribution < 1.29 is 24.0 Å². The van der Waals surface area contributed by atoms with E-state index in [1.54, 1.807) is 20.8 Å². The third-order valence-corrected chi connectivity index (χ3v) is 0. The van der Waals surface area contributed by atoms with Gasteiger partial charge in [0.15, 0.2) is 0 Å². The van der Waals surface area contributed by atoms with Gasteiger partial charge >= 0.3 is 18.9 Å². The zero-order valence-electron chi connectivity index (χ0n) is 4.95. The Kier molecular flexibility index (Phi) is 4.36. The summed E-state index contributed by atoms with van der Waals surface area (Å²) < 4.78 is 0. The summed E-state index contributed by atoms with van der Waals surface area (Å²) in [4.78, 5) is 0. The van der Waals surface area contributed by atoms with Crippen LogP contribution in [0.5, 0.6) is 0 Å². The summed E-state index contributed by atoms with van der Waals surface area (Å²) in [5, 5.41) is 8.52. The first-order valence-electron chi connectivity index (χ1n) is 1.72. The van der Waals surface area contributed by atoms with Crippen LogP contribution in [0.25, 0.3) is 0 Å². The van der Waals surface area contributed by atoms with Crippen molar-refractivity contribution in [1.29, 1.82) is 0 Å². The van der Waals surface area contributed by atoms with Gasteiger partial charge in [0.25, 0.3) is 0 Å². The third kappa shape index (κ3) is 186. The molecule has 2 heteroatoms. The molecule has 0 rings (SSSR count). The van der Waals surface area contributed by atoms with E-state index in [0.29, 0.717) is 0 Å². The topological polar surface area (TPSA) is 20.2 Å². The fraction of sp³-hybridized carbons (Fsp3) is 1.00. The van der Waals surface area contributed by atoms with Crippen molar-refractivity contribution in [2.45, 2.75) is 26.4 Å². The molecule has 0 aromatic carbocycles. The second-order valence-corrected chi connectivity index (χ2v) is 2.17. The van der Waals surface area contributed by atoms with Gasteiger partial charge < -0.3 is 5.11 Å². The molecule has 1 N–H and O–H groups in total. The molecule has 0 saturated carbocycles. The van der Waals surface area contributed by atoms with Crippen molar-refractivity contribution in [3.63, 3.8) is 0 Å². The molecule has 0 amide bonds. The van der Waals surface area contributed by atoms with Crippen molar-refractivity contribution in [2.24, 2.45) is 0 Å². The second kappa shape index (κ2) is 2.68. The molecule has 0 aliphatic rings. The molecule has 0 aliphatic carbocycles. The average Bonchev–Trinajstić information content (AvgIpc) is 0.722. The van der Waals surface area contributed by atoms with Crippen LogP contribution in [0.4, 0.5) is 0 Å². The van der Waals surface area contributed by atoms with Crippen molar-refractivity contribution in [2.75, 3.05) is 0 Å². The second-order valence-electron chi connectivity index (χ2n) is 2.17. The molecule has 32 valence electrons.